The van der Waals surface area contributed by atoms with Crippen molar-refractivity contribution in [3.8, 4) is 0 Å². The molecular weight excluding hydrogens is 258 g/mol. The average molecular weight is 281 g/mol. The average Bonchev–Trinajstić information content (AvgIpc) is 2.66. The van der Waals surface area contributed by atoms with Gasteiger partial charge in [-0.2, -0.15) is 5.10 Å². The third-order valence-corrected chi connectivity index (χ3v) is 3.60. The number of carboxylic acid groups (broad SMARTS) is 1. The number of aryl methyl sites for hydroxylation is 1. The fraction of sp³-hybridized carbons (Fsp3) is 0.643. The smallest absolute Gasteiger partial charge is 0.307 e. The van der Waals surface area contributed by atoms with E-state index in [1.165, 1.54) is 0 Å². The Bertz CT molecular complexity index is 504. The van der Waals surface area contributed by atoms with Crippen LogP contribution in [0.4, 0.5) is 0 Å². The summed E-state index contributed by atoms with van der Waals surface area (Å²) in [6.07, 6.45) is -0.0656. The minimum atomic E-state index is -0.890. The first-order chi connectivity index (χ1) is 9.33. The van der Waals surface area contributed by atoms with Crippen molar-refractivity contribution in [1.82, 2.24) is 14.7 Å². The lowest BCUT2D eigenvalue weighted by molar-refractivity contribution is -0.136. The van der Waals surface area contributed by atoms with Gasteiger partial charge >= 0.3 is 5.97 Å². The minimum absolute atomic E-state index is 0.00229. The molecule has 0 spiro atoms. The van der Waals surface area contributed by atoms with Gasteiger partial charge in [0, 0.05) is 24.3 Å². The summed E-state index contributed by atoms with van der Waals surface area (Å²) in [6, 6.07) is -0.420. The lowest BCUT2D eigenvalue weighted by Gasteiger charge is -2.23. The lowest BCUT2D eigenvalue weighted by Crippen LogP contribution is -2.36. The normalized spacial score (nSPS) is 12.2. The fourth-order valence-electron chi connectivity index (χ4n) is 2.39. The van der Waals surface area contributed by atoms with Crippen LogP contribution < -0.4 is 0 Å². The van der Waals surface area contributed by atoms with Crippen LogP contribution in [0.1, 0.15) is 43.8 Å². The van der Waals surface area contributed by atoms with Crippen molar-refractivity contribution in [2.75, 3.05) is 13.1 Å². The van der Waals surface area contributed by atoms with Gasteiger partial charge in [0.15, 0.2) is 0 Å². The maximum Gasteiger partial charge on any atom is 0.307 e. The molecule has 6 heteroatoms. The van der Waals surface area contributed by atoms with Crippen LogP contribution in [-0.4, -0.2) is 44.8 Å². The summed E-state index contributed by atoms with van der Waals surface area (Å²) in [6.45, 7) is 10.6. The van der Waals surface area contributed by atoms with Gasteiger partial charge in [0.25, 0.3) is 0 Å². The number of rotatable bonds is 6. The molecule has 1 rings (SSSR count). The zero-order valence-corrected chi connectivity index (χ0v) is 12.8. The van der Waals surface area contributed by atoms with Gasteiger partial charge in [-0.1, -0.05) is 0 Å². The molecule has 1 unspecified atom stereocenters. The topological polar surface area (TPSA) is 75.4 Å². The van der Waals surface area contributed by atoms with E-state index >= 15 is 0 Å². The summed E-state index contributed by atoms with van der Waals surface area (Å²) in [5, 5.41) is 13.3. The molecule has 1 amide bonds. The number of amides is 1. The number of hydrogen-bond donors (Lipinski definition) is 1. The molecule has 0 aliphatic rings. The Hall–Kier alpha value is -1.85. The third-order valence-electron chi connectivity index (χ3n) is 3.60. The van der Waals surface area contributed by atoms with Crippen molar-refractivity contribution in [1.29, 1.82) is 0 Å². The SMILES string of the molecule is CCN(CC)C(=O)C(C)n1nc(C)c(CC(=O)O)c1C. The molecule has 0 aliphatic heterocycles. The second-order valence-corrected chi connectivity index (χ2v) is 4.85. The Kier molecular flexibility index (Phi) is 5.30. The van der Waals surface area contributed by atoms with Crippen molar-refractivity contribution >= 4 is 11.9 Å². The Morgan fingerprint density at radius 2 is 1.85 bits per heavy atom. The second-order valence-electron chi connectivity index (χ2n) is 4.85. The highest BCUT2D eigenvalue weighted by atomic mass is 16.4. The molecule has 0 radical (unpaired) electrons. The van der Waals surface area contributed by atoms with Gasteiger partial charge in [0.2, 0.25) is 5.91 Å². The van der Waals surface area contributed by atoms with E-state index in [1.807, 2.05) is 20.8 Å². The number of aromatic nitrogens is 2. The molecule has 0 bridgehead atoms. The number of likely N-dealkylation sites (N-methyl/N-ethyl adjacent to an activating group) is 1. The molecule has 0 aliphatic carbocycles. The molecule has 1 heterocycles. The summed E-state index contributed by atoms with van der Waals surface area (Å²) in [5.74, 6) is -0.888. The molecule has 0 saturated heterocycles. The standard InChI is InChI=1S/C14H23N3O3/c1-6-16(7-2)14(20)11(5)17-10(4)12(8-13(18)19)9(3)15-17/h11H,6-8H2,1-5H3,(H,18,19). The zero-order chi connectivity index (χ0) is 15.4. The van der Waals surface area contributed by atoms with Crippen molar-refractivity contribution < 1.29 is 14.7 Å². The van der Waals surface area contributed by atoms with Gasteiger partial charge in [-0.25, -0.2) is 0 Å². The molecule has 6 nitrogen and oxygen atoms in total. The van der Waals surface area contributed by atoms with Gasteiger partial charge in [-0.3, -0.25) is 14.3 Å². The molecule has 1 aromatic rings. The van der Waals surface area contributed by atoms with Crippen LogP contribution >= 0.6 is 0 Å². The fourth-order valence-corrected chi connectivity index (χ4v) is 2.39. The summed E-state index contributed by atoms with van der Waals surface area (Å²) in [5.41, 5.74) is 2.11. The second kappa shape index (κ2) is 6.54. The maximum absolute atomic E-state index is 12.3. The van der Waals surface area contributed by atoms with E-state index in [1.54, 1.807) is 23.4 Å². The first kappa shape index (κ1) is 16.2. The zero-order valence-electron chi connectivity index (χ0n) is 12.8. The van der Waals surface area contributed by atoms with E-state index in [0.29, 0.717) is 24.3 Å². The largest absolute Gasteiger partial charge is 0.481 e. The highest BCUT2D eigenvalue weighted by Crippen LogP contribution is 2.19. The van der Waals surface area contributed by atoms with E-state index in [-0.39, 0.29) is 12.3 Å². The first-order valence-corrected chi connectivity index (χ1v) is 6.88. The lowest BCUT2D eigenvalue weighted by atomic mass is 10.1. The van der Waals surface area contributed by atoms with Crippen LogP contribution in [0.3, 0.4) is 0 Å². The highest BCUT2D eigenvalue weighted by Gasteiger charge is 2.24. The Morgan fingerprint density at radius 1 is 1.30 bits per heavy atom. The molecular formula is C14H23N3O3. The molecule has 1 aromatic heterocycles. The summed E-state index contributed by atoms with van der Waals surface area (Å²) >= 11 is 0. The summed E-state index contributed by atoms with van der Waals surface area (Å²) in [7, 11) is 0. The van der Waals surface area contributed by atoms with Crippen LogP contribution in [0.2, 0.25) is 0 Å². The summed E-state index contributed by atoms with van der Waals surface area (Å²) < 4.78 is 1.63. The van der Waals surface area contributed by atoms with E-state index in [0.717, 1.165) is 5.69 Å². The van der Waals surface area contributed by atoms with Crippen LogP contribution in [0.5, 0.6) is 0 Å². The first-order valence-electron chi connectivity index (χ1n) is 6.88. The predicted octanol–water partition coefficient (Wildman–Crippen LogP) is 1.56. The molecule has 112 valence electrons. The van der Waals surface area contributed by atoms with E-state index in [4.69, 9.17) is 5.11 Å². The van der Waals surface area contributed by atoms with E-state index in [9.17, 15) is 9.59 Å². The predicted molar refractivity (Wildman–Crippen MR) is 75.7 cm³/mol. The Morgan fingerprint density at radius 3 is 2.30 bits per heavy atom. The van der Waals surface area contributed by atoms with E-state index < -0.39 is 12.0 Å². The third kappa shape index (κ3) is 3.18. The van der Waals surface area contributed by atoms with Crippen LogP contribution in [0, 0.1) is 13.8 Å². The van der Waals surface area contributed by atoms with Crippen LogP contribution in [0.25, 0.3) is 0 Å². The molecule has 1 atom stereocenters. The Labute approximate surface area is 119 Å². The summed E-state index contributed by atoms with van der Waals surface area (Å²) in [4.78, 5) is 25.0. The van der Waals surface area contributed by atoms with Gasteiger partial charge in [-0.05, 0) is 34.6 Å². The van der Waals surface area contributed by atoms with Crippen molar-refractivity contribution in [3.63, 3.8) is 0 Å². The number of hydrogen-bond acceptors (Lipinski definition) is 3. The number of nitrogens with zero attached hydrogens (tertiary/aromatic N) is 3. The van der Waals surface area contributed by atoms with E-state index in [2.05, 4.69) is 5.10 Å². The van der Waals surface area contributed by atoms with Crippen molar-refractivity contribution in [2.24, 2.45) is 0 Å². The van der Waals surface area contributed by atoms with Crippen molar-refractivity contribution in [3.05, 3.63) is 17.0 Å². The molecule has 20 heavy (non-hydrogen) atoms. The quantitative estimate of drug-likeness (QED) is 0.858. The number of carboxylic acids is 1. The van der Waals surface area contributed by atoms with Crippen molar-refractivity contribution in [2.45, 2.75) is 47.1 Å². The van der Waals surface area contributed by atoms with Crippen LogP contribution in [-0.2, 0) is 16.0 Å². The molecule has 0 aromatic carbocycles. The number of aliphatic carboxylic acids is 1. The van der Waals surface area contributed by atoms with Gasteiger partial charge in [0.05, 0.1) is 12.1 Å². The monoisotopic (exact) mass is 281 g/mol. The number of carbonyl (C=O) groups is 2. The molecule has 0 fully saturated rings. The number of carbonyl (C=O) groups excluding carboxylic acids is 1. The van der Waals surface area contributed by atoms with Gasteiger partial charge < -0.3 is 10.0 Å². The molecule has 1 N–H and O–H groups in total. The molecule has 0 saturated carbocycles. The van der Waals surface area contributed by atoms with Crippen LogP contribution in [0.15, 0.2) is 0 Å². The maximum atomic E-state index is 12.3. The Balaban J connectivity index is 3.08. The van der Waals surface area contributed by atoms with Gasteiger partial charge in [0.1, 0.15) is 6.04 Å². The highest BCUT2D eigenvalue weighted by molar-refractivity contribution is 5.80. The van der Waals surface area contributed by atoms with Gasteiger partial charge in [-0.15, -0.1) is 0 Å². The minimum Gasteiger partial charge on any atom is -0.481 e.